The fourth-order valence-electron chi connectivity index (χ4n) is 14.8. The van der Waals surface area contributed by atoms with E-state index in [1.165, 1.54) is 48.5 Å². The number of methoxy groups -OCH3 is 1. The summed E-state index contributed by atoms with van der Waals surface area (Å²) < 4.78 is 143. The van der Waals surface area contributed by atoms with Gasteiger partial charge in [-0.3, -0.25) is 0 Å². The minimum Gasteiger partial charge on any atom is -0.467 e. The van der Waals surface area contributed by atoms with Crippen molar-refractivity contribution in [2.24, 2.45) is 0 Å². The van der Waals surface area contributed by atoms with Gasteiger partial charge in [0.1, 0.15) is 73.8 Å². The number of aliphatic hydroxyl groups is 1. The largest absolute Gasteiger partial charge is 0.467 e. The molecule has 696 valence electrons. The molecular weight excluding hydrogens is 1640 g/mol. The first-order valence-electron chi connectivity index (χ1n) is 45.3. The Balaban J connectivity index is 1.10. The number of ether oxygens (including phenoxy) is 21. The lowest BCUT2D eigenvalue weighted by molar-refractivity contribution is -0.394. The topological polar surface area (TPSA) is 320 Å². The lowest BCUT2D eigenvalue weighted by Crippen LogP contribution is -2.69. The number of amides is 1. The van der Waals surface area contributed by atoms with Crippen LogP contribution in [0.3, 0.4) is 0 Å². The predicted molar refractivity (Wildman–Crippen MR) is 465 cm³/mol. The van der Waals surface area contributed by atoms with E-state index >= 15 is 9.59 Å². The minimum atomic E-state index is -2.11. The van der Waals surface area contributed by atoms with Gasteiger partial charge in [0.2, 0.25) is 0 Å². The molecule has 29 heteroatoms. The molecule has 6 aromatic carbocycles. The summed E-state index contributed by atoms with van der Waals surface area (Å²) in [6, 6.07) is 50.7. The highest BCUT2D eigenvalue weighted by Crippen LogP contribution is 2.41. The van der Waals surface area contributed by atoms with Gasteiger partial charge in [-0.1, -0.05) is 227 Å². The molecule has 1 amide bonds. The van der Waals surface area contributed by atoms with Crippen molar-refractivity contribution in [2.45, 2.75) is 274 Å². The zero-order chi connectivity index (χ0) is 89.9. The van der Waals surface area contributed by atoms with Gasteiger partial charge in [-0.05, 0) is 105 Å². The maximum absolute atomic E-state index is 15.4. The zero-order valence-electron chi connectivity index (χ0n) is 74.6. The summed E-state index contributed by atoms with van der Waals surface area (Å²) in [6.07, 6.45) is -21.7. The number of aliphatic hydroxyl groups excluding tert-OH is 1. The van der Waals surface area contributed by atoms with E-state index in [-0.39, 0.29) is 101 Å². The molecule has 29 nitrogen and oxygen atoms in total. The standard InChI is InChI=1S/C98H131NO28/c1-9-16-54-108-64-73-77(82(111-57-19-12-4)85(113-59-21-14-6)94(117-73)115-61-53-99(62-67-41-29-23-30-42-67)98(106)116-63-68-43-31-24-32-44-68)124-95-86(114-60-22-15-7)83(112-58-20-13-5)78(74(118-95)65-109-55-17-10-2)125-96-88(123-92(104)72-51-39-28-40-52-72)84(121-90(102)70-47-35-26-36-48-70)79(75(119-96)66-110-56-18-11-3)126-97-87(122-91(103)71-49-37-27-38-50-71)80(76(100)81(127-97)93(105)107-8)120-89(101)69-45-33-25-34-46-69/h23-52,73-88,94-97,100H,9-22,53-66H2,1-8H3/t73?,74?,75?,76-,77-,78+,79+,80?,81?,82-,83-,84?,85?,86?,87?,88-,94-,95+,96-,97+/m0/s1. The van der Waals surface area contributed by atoms with Gasteiger partial charge >= 0.3 is 35.9 Å². The molecule has 0 saturated carbocycles. The van der Waals surface area contributed by atoms with E-state index in [1.807, 2.05) is 88.4 Å². The number of rotatable bonds is 54. The predicted octanol–water partition coefficient (Wildman–Crippen LogP) is 14.5. The fourth-order valence-corrected chi connectivity index (χ4v) is 14.8. The Bertz CT molecular complexity index is 4090. The molecule has 0 radical (unpaired) electrons. The third kappa shape index (κ3) is 30.5. The molecule has 0 bridgehead atoms. The van der Waals surface area contributed by atoms with Gasteiger partial charge in [-0.2, -0.15) is 0 Å². The number of carbonyl (C=O) groups is 6. The highest BCUT2D eigenvalue weighted by Gasteiger charge is 2.61. The van der Waals surface area contributed by atoms with Crippen LogP contribution in [-0.2, 0) is 117 Å². The van der Waals surface area contributed by atoms with E-state index in [0.717, 1.165) is 50.3 Å². The third-order valence-corrected chi connectivity index (χ3v) is 21.9. The fraction of sp³-hybridized carbons (Fsp3) is 0.571. The first kappa shape index (κ1) is 100. The van der Waals surface area contributed by atoms with E-state index in [4.69, 9.17) is 99.5 Å². The number of nitrogens with zero attached hydrogens (tertiary/aromatic N) is 1. The van der Waals surface area contributed by atoms with Gasteiger partial charge in [0.15, 0.2) is 55.7 Å². The van der Waals surface area contributed by atoms with Crippen LogP contribution in [0.1, 0.15) is 191 Å². The second-order valence-electron chi connectivity index (χ2n) is 31.7. The molecule has 0 aromatic heterocycles. The molecule has 4 fully saturated rings. The van der Waals surface area contributed by atoms with E-state index in [0.29, 0.717) is 64.4 Å². The summed E-state index contributed by atoms with van der Waals surface area (Å²) in [4.78, 5) is 90.0. The van der Waals surface area contributed by atoms with Crippen LogP contribution in [0.4, 0.5) is 4.79 Å². The SMILES string of the molecule is CCCCOCC1O[C@@H](O[C@@H]2C(COCCCC)O[C@H](O[C@H]3C(COCCCC)O[C@H](OCCN(Cc4ccccc4)C(=O)OCc4ccccc4)C(OCCCC)[C@H]3OCCCC)C(OCCCC)[C@H]2OCCCC)[C@@H](OC(=O)c2ccccc2)C(OC(=O)c2ccccc2)[C@@H]1O[C@@H]1OC(C(=O)OC)[C@@H](O)C(OC(=O)c2ccccc2)C1OC(=O)c1ccccc1. The van der Waals surface area contributed by atoms with Crippen molar-refractivity contribution in [1.29, 1.82) is 0 Å². The lowest BCUT2D eigenvalue weighted by Gasteiger charge is -2.52. The molecule has 1 N–H and O–H groups in total. The molecule has 10 rings (SSSR count). The summed E-state index contributed by atoms with van der Waals surface area (Å²) in [5, 5.41) is 12.4. The molecule has 9 unspecified atom stereocenters. The summed E-state index contributed by atoms with van der Waals surface area (Å²) in [5.41, 5.74) is 1.81. The third-order valence-electron chi connectivity index (χ3n) is 21.9. The maximum Gasteiger partial charge on any atom is 0.410 e. The van der Waals surface area contributed by atoms with Gasteiger partial charge in [0.05, 0.1) is 55.8 Å². The van der Waals surface area contributed by atoms with Crippen LogP contribution < -0.4 is 0 Å². The molecule has 0 spiro atoms. The van der Waals surface area contributed by atoms with Crippen LogP contribution in [0.25, 0.3) is 0 Å². The first-order chi connectivity index (χ1) is 62.1. The number of esters is 5. The average molecular weight is 1770 g/mol. The Hall–Kier alpha value is -8.70. The number of hydrogen-bond acceptors (Lipinski definition) is 28. The second kappa shape index (κ2) is 55.4. The van der Waals surface area contributed by atoms with Crippen LogP contribution in [-0.4, -0.2) is 255 Å². The molecule has 4 saturated heterocycles. The highest BCUT2D eigenvalue weighted by molar-refractivity contribution is 5.91. The van der Waals surface area contributed by atoms with Crippen LogP contribution >= 0.6 is 0 Å². The van der Waals surface area contributed by atoms with E-state index in [2.05, 4.69) is 20.8 Å². The van der Waals surface area contributed by atoms with Gasteiger partial charge in [0, 0.05) is 59.3 Å². The van der Waals surface area contributed by atoms with Crippen molar-refractivity contribution in [3.8, 4) is 0 Å². The van der Waals surface area contributed by atoms with E-state index < -0.39 is 165 Å². The Morgan fingerprint density at radius 1 is 0.331 bits per heavy atom. The molecule has 6 aromatic rings. The van der Waals surface area contributed by atoms with Crippen molar-refractivity contribution < 1.29 is 133 Å². The van der Waals surface area contributed by atoms with Crippen molar-refractivity contribution >= 4 is 35.9 Å². The Morgan fingerprint density at radius 3 is 1.04 bits per heavy atom. The number of carbonyl (C=O) groups excluding carboxylic acids is 6. The number of benzene rings is 6. The van der Waals surface area contributed by atoms with Gasteiger partial charge in [-0.15, -0.1) is 0 Å². The molecule has 4 aliphatic heterocycles. The highest BCUT2D eigenvalue weighted by atomic mass is 16.8. The maximum atomic E-state index is 15.4. The number of unbranched alkanes of at least 4 members (excludes halogenated alkanes) is 7. The van der Waals surface area contributed by atoms with Gasteiger partial charge in [-0.25, -0.2) is 28.8 Å². The van der Waals surface area contributed by atoms with Crippen molar-refractivity contribution in [3.05, 3.63) is 215 Å². The summed E-state index contributed by atoms with van der Waals surface area (Å²) >= 11 is 0. The average Bonchev–Trinajstić information content (AvgIpc) is 0.758. The smallest absolute Gasteiger partial charge is 0.410 e. The second-order valence-corrected chi connectivity index (χ2v) is 31.7. The molecule has 0 aliphatic carbocycles. The van der Waals surface area contributed by atoms with Gasteiger partial charge < -0.3 is 109 Å². The molecule has 4 aliphatic rings. The van der Waals surface area contributed by atoms with Crippen LogP contribution in [0.5, 0.6) is 0 Å². The minimum absolute atomic E-state index is 0.00960. The monoisotopic (exact) mass is 1770 g/mol. The van der Waals surface area contributed by atoms with Crippen molar-refractivity contribution in [2.75, 3.05) is 86.3 Å². The van der Waals surface area contributed by atoms with Crippen LogP contribution in [0.15, 0.2) is 182 Å². The van der Waals surface area contributed by atoms with E-state index in [1.54, 1.807) is 77.7 Å². The van der Waals surface area contributed by atoms with Crippen LogP contribution in [0.2, 0.25) is 0 Å². The normalized spacial score (nSPS) is 25.9. The lowest BCUT2D eigenvalue weighted by atomic mass is 9.94. The van der Waals surface area contributed by atoms with Crippen LogP contribution in [0, 0.1) is 0 Å². The van der Waals surface area contributed by atoms with Crippen molar-refractivity contribution in [3.63, 3.8) is 0 Å². The number of hydrogen-bond donors (Lipinski definition) is 1. The van der Waals surface area contributed by atoms with E-state index in [9.17, 15) is 24.3 Å². The molecule has 4 heterocycles. The summed E-state index contributed by atoms with van der Waals surface area (Å²) in [5.74, 6) is -5.10. The summed E-state index contributed by atoms with van der Waals surface area (Å²) in [6.45, 7) is 15.6. The Kier molecular flexibility index (Phi) is 43.8. The first-order valence-corrected chi connectivity index (χ1v) is 45.3. The molecular formula is C98H131NO28. The molecule has 20 atom stereocenters. The van der Waals surface area contributed by atoms with Crippen molar-refractivity contribution in [1.82, 2.24) is 4.90 Å². The Morgan fingerprint density at radius 2 is 0.646 bits per heavy atom. The Labute approximate surface area is 746 Å². The quantitative estimate of drug-likeness (QED) is 0.0211. The summed E-state index contributed by atoms with van der Waals surface area (Å²) in [7, 11) is 1.05. The molecule has 127 heavy (non-hydrogen) atoms. The zero-order valence-corrected chi connectivity index (χ0v) is 74.6. The van der Waals surface area contributed by atoms with Gasteiger partial charge in [0.25, 0.3) is 0 Å².